The summed E-state index contributed by atoms with van der Waals surface area (Å²) in [7, 11) is 0. The van der Waals surface area contributed by atoms with E-state index in [-0.39, 0.29) is 17.5 Å². The van der Waals surface area contributed by atoms with Gasteiger partial charge in [0.1, 0.15) is 10.9 Å². The highest BCUT2D eigenvalue weighted by Crippen LogP contribution is 2.37. The number of thiazole rings is 1. The highest BCUT2D eigenvalue weighted by atomic mass is 32.2. The predicted octanol–water partition coefficient (Wildman–Crippen LogP) is 7.39. The first-order chi connectivity index (χ1) is 20.4. The minimum atomic E-state index is -0.555. The number of anilines is 2. The summed E-state index contributed by atoms with van der Waals surface area (Å²) in [6, 6.07) is 29.2. The highest BCUT2D eigenvalue weighted by Gasteiger charge is 2.23. The van der Waals surface area contributed by atoms with Crippen LogP contribution in [0.3, 0.4) is 0 Å². The molecule has 2 aromatic heterocycles. The van der Waals surface area contributed by atoms with Crippen molar-refractivity contribution >= 4 is 69.1 Å². The zero-order valence-corrected chi connectivity index (χ0v) is 24.9. The number of thiophene rings is 1. The normalized spacial score (nSPS) is 11.9. The van der Waals surface area contributed by atoms with Gasteiger partial charge in [-0.25, -0.2) is 4.98 Å². The summed E-state index contributed by atoms with van der Waals surface area (Å²) < 4.78 is 0. The second kappa shape index (κ2) is 13.9. The van der Waals surface area contributed by atoms with Crippen molar-refractivity contribution in [2.24, 2.45) is 0 Å². The van der Waals surface area contributed by atoms with E-state index >= 15 is 0 Å². The Morgan fingerprint density at radius 2 is 1.62 bits per heavy atom. The first kappa shape index (κ1) is 29.0. The smallest absolute Gasteiger partial charge is 0.272 e. The van der Waals surface area contributed by atoms with E-state index in [2.05, 4.69) is 20.9 Å². The third kappa shape index (κ3) is 7.82. The molecule has 0 aliphatic carbocycles. The van der Waals surface area contributed by atoms with Gasteiger partial charge in [-0.1, -0.05) is 60.7 Å². The second-order valence-electron chi connectivity index (χ2n) is 9.07. The average molecular weight is 611 g/mol. The molecule has 210 valence electrons. The number of aromatic nitrogens is 1. The number of carbonyl (C=O) groups is 3. The summed E-state index contributed by atoms with van der Waals surface area (Å²) in [5.41, 5.74) is 2.77. The predicted molar refractivity (Wildman–Crippen MR) is 172 cm³/mol. The fraction of sp³-hybridized carbons (Fsp3) is 0.0625. The van der Waals surface area contributed by atoms with Gasteiger partial charge in [0.2, 0.25) is 5.91 Å². The summed E-state index contributed by atoms with van der Waals surface area (Å²) in [5, 5.41) is 12.4. The molecule has 42 heavy (non-hydrogen) atoms. The van der Waals surface area contributed by atoms with E-state index in [9.17, 15) is 14.4 Å². The number of hydrogen-bond acceptors (Lipinski definition) is 7. The topological polar surface area (TPSA) is 100 Å². The Morgan fingerprint density at radius 3 is 2.31 bits per heavy atom. The van der Waals surface area contributed by atoms with Crippen molar-refractivity contribution in [1.29, 1.82) is 0 Å². The molecule has 0 fully saturated rings. The molecule has 5 aromatic rings. The molecule has 0 aliphatic heterocycles. The Kier molecular flexibility index (Phi) is 9.60. The van der Waals surface area contributed by atoms with Gasteiger partial charge in [-0.15, -0.1) is 34.4 Å². The molecule has 0 saturated carbocycles. The van der Waals surface area contributed by atoms with Crippen LogP contribution in [0.2, 0.25) is 0 Å². The van der Waals surface area contributed by atoms with Gasteiger partial charge in [-0.3, -0.25) is 14.4 Å². The van der Waals surface area contributed by atoms with Gasteiger partial charge in [-0.2, -0.15) is 0 Å². The molecule has 0 aliphatic rings. The molecule has 5 rings (SSSR count). The molecule has 0 bridgehead atoms. The molecular weight excluding hydrogens is 585 g/mol. The van der Waals surface area contributed by atoms with Crippen LogP contribution in [0.1, 0.15) is 31.7 Å². The van der Waals surface area contributed by atoms with Gasteiger partial charge in [0.05, 0.1) is 5.69 Å². The minimum Gasteiger partial charge on any atom is -0.321 e. The lowest BCUT2D eigenvalue weighted by atomic mass is 10.1. The highest BCUT2D eigenvalue weighted by molar-refractivity contribution is 8.00. The largest absolute Gasteiger partial charge is 0.321 e. The first-order valence-electron chi connectivity index (χ1n) is 12.9. The number of nitrogens with one attached hydrogen (secondary N) is 3. The van der Waals surface area contributed by atoms with E-state index in [0.717, 1.165) is 21.0 Å². The molecular formula is C32H26N4O3S3. The number of aryl methyl sites for hydroxylation is 1. The van der Waals surface area contributed by atoms with E-state index in [1.54, 1.807) is 42.5 Å². The number of nitrogens with zero attached hydrogens (tertiary/aromatic N) is 1. The molecule has 2 heterocycles. The third-order valence-electron chi connectivity index (χ3n) is 5.89. The van der Waals surface area contributed by atoms with Gasteiger partial charge in [0, 0.05) is 26.4 Å². The number of hydrogen-bond donors (Lipinski definition) is 3. The molecule has 0 spiro atoms. The maximum atomic E-state index is 13.4. The fourth-order valence-corrected chi connectivity index (χ4v) is 6.35. The number of thioether (sulfide) groups is 1. The van der Waals surface area contributed by atoms with E-state index in [0.29, 0.717) is 16.4 Å². The van der Waals surface area contributed by atoms with Crippen LogP contribution in [0, 0.1) is 6.92 Å². The minimum absolute atomic E-state index is 0.115. The van der Waals surface area contributed by atoms with Gasteiger partial charge in [0.15, 0.2) is 5.13 Å². The number of amides is 3. The lowest BCUT2D eigenvalue weighted by Gasteiger charge is -2.17. The van der Waals surface area contributed by atoms with Crippen LogP contribution in [0.5, 0.6) is 0 Å². The lowest BCUT2D eigenvalue weighted by molar-refractivity contribution is -0.116. The van der Waals surface area contributed by atoms with Crippen LogP contribution in [-0.4, -0.2) is 22.7 Å². The van der Waals surface area contributed by atoms with Crippen molar-refractivity contribution in [3.63, 3.8) is 0 Å². The standard InChI is InChI=1S/C32H26N4O3S3/c1-21-20-41-32(33-21)36-31(39)28(22-10-4-2-5-11-22)42-26-15-8-14-24(18-26)34-30(38)27(19-25-16-9-17-40-25)35-29(37)23-12-6-3-7-13-23/h2-20,28H,1H3,(H,34,38)(H,35,37)(H,33,36,39)/b27-19-. The SMILES string of the molecule is Cc1csc(NC(=O)C(Sc2cccc(NC(=O)/C(=C/c3cccs3)NC(=O)c3ccccc3)c2)c2ccccc2)n1. The first-order valence-corrected chi connectivity index (χ1v) is 15.6. The van der Waals surface area contributed by atoms with Gasteiger partial charge < -0.3 is 16.0 Å². The van der Waals surface area contributed by atoms with Crippen molar-refractivity contribution in [3.8, 4) is 0 Å². The van der Waals surface area contributed by atoms with E-state index in [4.69, 9.17) is 0 Å². The van der Waals surface area contributed by atoms with Crippen LogP contribution in [0.15, 0.2) is 118 Å². The average Bonchev–Trinajstić information content (AvgIpc) is 3.68. The van der Waals surface area contributed by atoms with E-state index < -0.39 is 11.2 Å². The Hall–Kier alpha value is -4.51. The van der Waals surface area contributed by atoms with Crippen LogP contribution in [-0.2, 0) is 9.59 Å². The Morgan fingerprint density at radius 1 is 0.857 bits per heavy atom. The zero-order chi connectivity index (χ0) is 29.3. The molecule has 3 amide bonds. The van der Waals surface area contributed by atoms with Gasteiger partial charge in [0.25, 0.3) is 11.8 Å². The Labute approximate surface area is 255 Å². The molecule has 0 saturated heterocycles. The number of carbonyl (C=O) groups excluding carboxylic acids is 3. The Balaban J connectivity index is 1.35. The molecule has 0 radical (unpaired) electrons. The summed E-state index contributed by atoms with van der Waals surface area (Å²) in [5.74, 6) is -1.05. The summed E-state index contributed by atoms with van der Waals surface area (Å²) in [6.07, 6.45) is 1.65. The molecule has 1 atom stereocenters. The zero-order valence-electron chi connectivity index (χ0n) is 22.4. The molecule has 3 N–H and O–H groups in total. The fourth-order valence-electron chi connectivity index (χ4n) is 3.92. The van der Waals surface area contributed by atoms with Crippen molar-refractivity contribution in [1.82, 2.24) is 10.3 Å². The Bertz CT molecular complexity index is 1700. The van der Waals surface area contributed by atoms with E-state index in [1.165, 1.54) is 34.4 Å². The number of rotatable bonds is 10. The van der Waals surface area contributed by atoms with Crippen LogP contribution < -0.4 is 16.0 Å². The van der Waals surface area contributed by atoms with Crippen molar-refractivity contribution < 1.29 is 14.4 Å². The van der Waals surface area contributed by atoms with E-state index in [1.807, 2.05) is 78.3 Å². The second-order valence-corrected chi connectivity index (χ2v) is 12.1. The van der Waals surface area contributed by atoms with Crippen LogP contribution in [0.25, 0.3) is 6.08 Å². The van der Waals surface area contributed by atoms with Crippen LogP contribution in [0.4, 0.5) is 10.8 Å². The third-order valence-corrected chi connectivity index (χ3v) is 8.84. The number of benzene rings is 3. The lowest BCUT2D eigenvalue weighted by Crippen LogP contribution is -2.30. The van der Waals surface area contributed by atoms with Gasteiger partial charge in [-0.05, 0) is 60.3 Å². The molecule has 7 nitrogen and oxygen atoms in total. The quantitative estimate of drug-likeness (QED) is 0.113. The van der Waals surface area contributed by atoms with Gasteiger partial charge >= 0.3 is 0 Å². The summed E-state index contributed by atoms with van der Waals surface area (Å²) in [6.45, 7) is 1.88. The maximum absolute atomic E-state index is 13.4. The summed E-state index contributed by atoms with van der Waals surface area (Å²) in [4.78, 5) is 45.6. The van der Waals surface area contributed by atoms with Crippen molar-refractivity contribution in [3.05, 3.63) is 135 Å². The molecule has 3 aromatic carbocycles. The monoisotopic (exact) mass is 610 g/mol. The molecule has 1 unspecified atom stereocenters. The molecule has 10 heteroatoms. The van der Waals surface area contributed by atoms with Crippen LogP contribution >= 0.6 is 34.4 Å². The maximum Gasteiger partial charge on any atom is 0.272 e. The summed E-state index contributed by atoms with van der Waals surface area (Å²) >= 11 is 4.20. The van der Waals surface area contributed by atoms with Crippen molar-refractivity contribution in [2.75, 3.05) is 10.6 Å². The van der Waals surface area contributed by atoms with Crippen molar-refractivity contribution in [2.45, 2.75) is 17.1 Å².